The van der Waals surface area contributed by atoms with Crippen LogP contribution in [0.4, 0.5) is 0 Å². The van der Waals surface area contributed by atoms with Crippen LogP contribution in [-0.4, -0.2) is 20.9 Å². The first-order chi connectivity index (χ1) is 8.08. The van der Waals surface area contributed by atoms with Crippen molar-refractivity contribution in [1.82, 2.24) is 9.78 Å². The lowest BCUT2D eigenvalue weighted by Crippen LogP contribution is -2.03. The third kappa shape index (κ3) is 2.36. The van der Waals surface area contributed by atoms with Crippen molar-refractivity contribution in [2.75, 3.05) is 0 Å². The molecule has 0 atom stereocenters. The highest BCUT2D eigenvalue weighted by atomic mass is 16.4. The van der Waals surface area contributed by atoms with Crippen molar-refractivity contribution < 1.29 is 9.90 Å². The molecule has 2 rings (SSSR count). The number of aromatic nitrogens is 2. The number of aryl methyl sites for hydroxylation is 1. The van der Waals surface area contributed by atoms with Gasteiger partial charge in [0.25, 0.3) is 0 Å². The predicted molar refractivity (Wildman–Crippen MR) is 64.4 cm³/mol. The fourth-order valence-electron chi connectivity index (χ4n) is 1.80. The third-order valence-electron chi connectivity index (χ3n) is 2.70. The van der Waals surface area contributed by atoms with E-state index in [9.17, 15) is 4.79 Å². The molecule has 0 spiro atoms. The highest BCUT2D eigenvalue weighted by molar-refractivity contribution is 5.70. The van der Waals surface area contributed by atoms with Gasteiger partial charge in [0.15, 0.2) is 0 Å². The van der Waals surface area contributed by atoms with Crippen LogP contribution in [0.15, 0.2) is 30.5 Å². The number of hydrogen-bond donors (Lipinski definition) is 1. The largest absolute Gasteiger partial charge is 0.481 e. The van der Waals surface area contributed by atoms with Crippen LogP contribution in [0, 0.1) is 13.8 Å². The number of aliphatic carboxylic acids is 1. The first-order valence-electron chi connectivity index (χ1n) is 5.40. The average Bonchev–Trinajstić information content (AvgIpc) is 2.60. The molecule has 88 valence electrons. The SMILES string of the molecule is Cc1cccc(-n2ncc(CC(=O)O)c2C)c1. The molecule has 0 amide bonds. The lowest BCUT2D eigenvalue weighted by atomic mass is 10.2. The Labute approximate surface area is 99.5 Å². The number of carboxylic acid groups (broad SMARTS) is 1. The summed E-state index contributed by atoms with van der Waals surface area (Å²) in [6.45, 7) is 3.90. The Morgan fingerprint density at radius 1 is 1.41 bits per heavy atom. The molecule has 17 heavy (non-hydrogen) atoms. The number of carbonyl (C=O) groups is 1. The molecule has 4 nitrogen and oxygen atoms in total. The van der Waals surface area contributed by atoms with Gasteiger partial charge in [0.2, 0.25) is 0 Å². The van der Waals surface area contributed by atoms with E-state index in [0.717, 1.165) is 22.5 Å². The maximum atomic E-state index is 10.7. The lowest BCUT2D eigenvalue weighted by molar-refractivity contribution is -0.136. The average molecular weight is 230 g/mol. The van der Waals surface area contributed by atoms with Gasteiger partial charge in [-0.25, -0.2) is 4.68 Å². The number of hydrogen-bond acceptors (Lipinski definition) is 2. The number of rotatable bonds is 3. The van der Waals surface area contributed by atoms with Crippen LogP contribution in [0.1, 0.15) is 16.8 Å². The molecule has 2 aromatic rings. The Bertz CT molecular complexity index is 558. The summed E-state index contributed by atoms with van der Waals surface area (Å²) in [4.78, 5) is 10.7. The van der Waals surface area contributed by atoms with E-state index in [1.807, 2.05) is 38.1 Å². The van der Waals surface area contributed by atoms with Crippen molar-refractivity contribution in [3.8, 4) is 5.69 Å². The van der Waals surface area contributed by atoms with E-state index in [-0.39, 0.29) is 6.42 Å². The lowest BCUT2D eigenvalue weighted by Gasteiger charge is -2.05. The van der Waals surface area contributed by atoms with Crippen LogP contribution < -0.4 is 0 Å². The van der Waals surface area contributed by atoms with E-state index in [4.69, 9.17) is 5.11 Å². The molecule has 1 aromatic carbocycles. The fourth-order valence-corrected chi connectivity index (χ4v) is 1.80. The Balaban J connectivity index is 2.40. The molecule has 0 aliphatic rings. The second-order valence-electron chi connectivity index (χ2n) is 4.08. The van der Waals surface area contributed by atoms with Gasteiger partial charge >= 0.3 is 5.97 Å². The van der Waals surface area contributed by atoms with Gasteiger partial charge in [-0.2, -0.15) is 5.10 Å². The van der Waals surface area contributed by atoms with E-state index >= 15 is 0 Å². The summed E-state index contributed by atoms with van der Waals surface area (Å²) in [5.41, 5.74) is 3.73. The van der Waals surface area contributed by atoms with Crippen molar-refractivity contribution >= 4 is 5.97 Å². The van der Waals surface area contributed by atoms with Crippen molar-refractivity contribution in [3.05, 3.63) is 47.3 Å². The summed E-state index contributed by atoms with van der Waals surface area (Å²) in [5, 5.41) is 13.0. The summed E-state index contributed by atoms with van der Waals surface area (Å²) >= 11 is 0. The summed E-state index contributed by atoms with van der Waals surface area (Å²) in [6.07, 6.45) is 1.63. The highest BCUT2D eigenvalue weighted by Gasteiger charge is 2.10. The Morgan fingerprint density at radius 2 is 2.18 bits per heavy atom. The molecule has 0 bridgehead atoms. The topological polar surface area (TPSA) is 55.1 Å². The van der Waals surface area contributed by atoms with E-state index in [1.165, 1.54) is 0 Å². The minimum absolute atomic E-state index is 0.0116. The second-order valence-corrected chi connectivity index (χ2v) is 4.08. The summed E-state index contributed by atoms with van der Waals surface area (Å²) in [6, 6.07) is 7.95. The maximum Gasteiger partial charge on any atom is 0.307 e. The van der Waals surface area contributed by atoms with Crippen LogP contribution in [0.5, 0.6) is 0 Å². The van der Waals surface area contributed by atoms with Crippen LogP contribution in [0.3, 0.4) is 0 Å². The molecule has 1 heterocycles. The quantitative estimate of drug-likeness (QED) is 0.878. The van der Waals surface area contributed by atoms with Crippen molar-refractivity contribution in [2.24, 2.45) is 0 Å². The zero-order valence-electron chi connectivity index (χ0n) is 9.84. The zero-order chi connectivity index (χ0) is 12.4. The minimum atomic E-state index is -0.836. The van der Waals surface area contributed by atoms with Gasteiger partial charge < -0.3 is 5.11 Å². The van der Waals surface area contributed by atoms with E-state index in [0.29, 0.717) is 0 Å². The fraction of sp³-hybridized carbons (Fsp3) is 0.231. The summed E-state index contributed by atoms with van der Waals surface area (Å²) in [7, 11) is 0. The first-order valence-corrected chi connectivity index (χ1v) is 5.40. The van der Waals surface area contributed by atoms with Gasteiger partial charge in [0.1, 0.15) is 0 Å². The molecule has 0 aliphatic carbocycles. The van der Waals surface area contributed by atoms with Gasteiger partial charge in [0, 0.05) is 11.3 Å². The van der Waals surface area contributed by atoms with Gasteiger partial charge in [-0.15, -0.1) is 0 Å². The predicted octanol–water partition coefficient (Wildman–Crippen LogP) is 2.12. The van der Waals surface area contributed by atoms with E-state index in [1.54, 1.807) is 10.9 Å². The summed E-state index contributed by atoms with van der Waals surface area (Å²) in [5.74, 6) is -0.836. The Morgan fingerprint density at radius 3 is 2.82 bits per heavy atom. The van der Waals surface area contributed by atoms with Gasteiger partial charge in [-0.3, -0.25) is 4.79 Å². The standard InChI is InChI=1S/C13H14N2O2/c1-9-4-3-5-12(6-9)15-10(2)11(8-14-15)7-13(16)17/h3-6,8H,7H2,1-2H3,(H,16,17). The highest BCUT2D eigenvalue weighted by Crippen LogP contribution is 2.15. The normalized spacial score (nSPS) is 10.5. The Hall–Kier alpha value is -2.10. The maximum absolute atomic E-state index is 10.7. The van der Waals surface area contributed by atoms with Crippen LogP contribution >= 0.6 is 0 Å². The molecule has 0 saturated heterocycles. The molecule has 1 aromatic heterocycles. The molecule has 4 heteroatoms. The van der Waals surface area contributed by atoms with E-state index in [2.05, 4.69) is 5.10 Å². The zero-order valence-corrected chi connectivity index (χ0v) is 9.84. The van der Waals surface area contributed by atoms with E-state index < -0.39 is 5.97 Å². The molecule has 0 radical (unpaired) electrons. The number of benzene rings is 1. The van der Waals surface area contributed by atoms with Crippen molar-refractivity contribution in [3.63, 3.8) is 0 Å². The van der Waals surface area contributed by atoms with Crippen LogP contribution in [-0.2, 0) is 11.2 Å². The Kier molecular flexibility index (Phi) is 2.95. The second kappa shape index (κ2) is 4.41. The van der Waals surface area contributed by atoms with Crippen LogP contribution in [0.25, 0.3) is 5.69 Å². The molecule has 0 fully saturated rings. The van der Waals surface area contributed by atoms with Crippen LogP contribution in [0.2, 0.25) is 0 Å². The molecular weight excluding hydrogens is 216 g/mol. The van der Waals surface area contributed by atoms with Crippen molar-refractivity contribution in [2.45, 2.75) is 20.3 Å². The monoisotopic (exact) mass is 230 g/mol. The first kappa shape index (κ1) is 11.4. The van der Waals surface area contributed by atoms with Gasteiger partial charge in [-0.1, -0.05) is 12.1 Å². The van der Waals surface area contributed by atoms with Crippen molar-refractivity contribution in [1.29, 1.82) is 0 Å². The summed E-state index contributed by atoms with van der Waals surface area (Å²) < 4.78 is 1.77. The third-order valence-corrected chi connectivity index (χ3v) is 2.70. The smallest absolute Gasteiger partial charge is 0.307 e. The molecule has 0 unspecified atom stereocenters. The number of nitrogens with zero attached hydrogens (tertiary/aromatic N) is 2. The molecular formula is C13H14N2O2. The molecule has 0 aliphatic heterocycles. The van der Waals surface area contributed by atoms with Gasteiger partial charge in [-0.05, 0) is 31.5 Å². The molecule has 1 N–H and O–H groups in total. The minimum Gasteiger partial charge on any atom is -0.481 e. The number of carboxylic acids is 1. The molecule has 0 saturated carbocycles. The van der Waals surface area contributed by atoms with Gasteiger partial charge in [0.05, 0.1) is 18.3 Å².